The summed E-state index contributed by atoms with van der Waals surface area (Å²) >= 11 is 5.58. The largest absolute Gasteiger partial charge is 0.302 e. The topological polar surface area (TPSA) is 37.4 Å². The van der Waals surface area contributed by atoms with E-state index in [1.807, 2.05) is 0 Å². The Labute approximate surface area is 90.4 Å². The second kappa shape index (κ2) is 3.62. The fourth-order valence-corrected chi connectivity index (χ4v) is 1.67. The summed E-state index contributed by atoms with van der Waals surface area (Å²) in [7, 11) is 0. The van der Waals surface area contributed by atoms with Gasteiger partial charge in [-0.15, -0.1) is 0 Å². The predicted octanol–water partition coefficient (Wildman–Crippen LogP) is 1.78. The van der Waals surface area contributed by atoms with E-state index in [0.29, 0.717) is 0 Å². The lowest BCUT2D eigenvalue weighted by molar-refractivity contribution is -0.121. The minimum atomic E-state index is -0.665. The summed E-state index contributed by atoms with van der Waals surface area (Å²) in [5.41, 5.74) is 0.0679. The number of carbonyl (C=O) groups excluding carboxylic acids is 2. The van der Waals surface area contributed by atoms with Crippen LogP contribution in [-0.4, -0.2) is 18.2 Å². The summed E-state index contributed by atoms with van der Waals surface area (Å²) in [6.45, 7) is -0.0733. The zero-order valence-corrected chi connectivity index (χ0v) is 8.42. The number of rotatable bonds is 1. The van der Waals surface area contributed by atoms with Crippen LogP contribution in [0.4, 0.5) is 10.1 Å². The van der Waals surface area contributed by atoms with Gasteiger partial charge in [-0.05, 0) is 12.1 Å². The number of carbonyl (C=O) groups is 2. The molecule has 0 unspecified atom stereocenters. The van der Waals surface area contributed by atoms with Crippen LogP contribution in [0.1, 0.15) is 6.42 Å². The molecule has 1 fully saturated rings. The van der Waals surface area contributed by atoms with Crippen LogP contribution >= 0.6 is 11.6 Å². The molecule has 3 nitrogen and oxygen atoms in total. The quantitative estimate of drug-likeness (QED) is 0.686. The molecular formula is C10H7ClFNO2. The molecule has 0 spiro atoms. The Hall–Kier alpha value is -1.42. The molecule has 1 aliphatic heterocycles. The van der Waals surface area contributed by atoms with E-state index in [9.17, 15) is 14.0 Å². The zero-order chi connectivity index (χ0) is 11.0. The summed E-state index contributed by atoms with van der Waals surface area (Å²) < 4.78 is 13.5. The van der Waals surface area contributed by atoms with Crippen molar-refractivity contribution < 1.29 is 14.0 Å². The molecule has 78 valence electrons. The Morgan fingerprint density at radius 2 is 2.07 bits per heavy atom. The first-order chi connectivity index (χ1) is 7.09. The van der Waals surface area contributed by atoms with Crippen molar-refractivity contribution >= 4 is 29.0 Å². The fourth-order valence-electron chi connectivity index (χ4n) is 1.50. The van der Waals surface area contributed by atoms with E-state index in [0.717, 1.165) is 4.90 Å². The summed E-state index contributed by atoms with van der Waals surface area (Å²) in [6.07, 6.45) is -0.161. The van der Waals surface area contributed by atoms with Crippen LogP contribution in [0.5, 0.6) is 0 Å². The average Bonchev–Trinajstić information content (AvgIpc) is 2.50. The number of hydrogen-bond acceptors (Lipinski definition) is 2. The molecule has 0 radical (unpaired) electrons. The van der Waals surface area contributed by atoms with Crippen molar-refractivity contribution in [3.8, 4) is 0 Å². The van der Waals surface area contributed by atoms with Crippen molar-refractivity contribution in [2.24, 2.45) is 0 Å². The standard InChI is InChI=1S/C10H7ClFNO2/c11-7-2-1-3-8(10(7)12)13-5-6(14)4-9(13)15/h1-3H,4-5H2. The molecule has 15 heavy (non-hydrogen) atoms. The van der Waals surface area contributed by atoms with Gasteiger partial charge in [0.05, 0.1) is 23.7 Å². The third-order valence-corrected chi connectivity index (χ3v) is 2.50. The average molecular weight is 228 g/mol. The SMILES string of the molecule is O=C1CC(=O)N(c2cccc(Cl)c2F)C1. The van der Waals surface area contributed by atoms with Crippen LogP contribution in [0.15, 0.2) is 18.2 Å². The van der Waals surface area contributed by atoms with Gasteiger partial charge < -0.3 is 4.90 Å². The Kier molecular flexibility index (Phi) is 2.44. The van der Waals surface area contributed by atoms with Crippen molar-refractivity contribution in [3.63, 3.8) is 0 Å². The van der Waals surface area contributed by atoms with E-state index in [2.05, 4.69) is 0 Å². The van der Waals surface area contributed by atoms with Gasteiger partial charge in [0.25, 0.3) is 0 Å². The molecule has 1 aromatic rings. The lowest BCUT2D eigenvalue weighted by Crippen LogP contribution is -2.25. The van der Waals surface area contributed by atoms with Crippen molar-refractivity contribution in [1.29, 1.82) is 0 Å². The Bertz CT molecular complexity index is 447. The molecule has 1 amide bonds. The molecule has 0 atom stereocenters. The maximum atomic E-state index is 13.5. The van der Waals surface area contributed by atoms with E-state index in [4.69, 9.17) is 11.6 Å². The van der Waals surface area contributed by atoms with Gasteiger partial charge >= 0.3 is 0 Å². The van der Waals surface area contributed by atoms with E-state index >= 15 is 0 Å². The number of halogens is 2. The molecule has 1 aliphatic rings. The Balaban J connectivity index is 2.42. The van der Waals surface area contributed by atoms with Crippen molar-refractivity contribution in [3.05, 3.63) is 29.0 Å². The van der Waals surface area contributed by atoms with Gasteiger partial charge in [-0.2, -0.15) is 0 Å². The highest BCUT2D eigenvalue weighted by atomic mass is 35.5. The van der Waals surface area contributed by atoms with Gasteiger partial charge in [0.15, 0.2) is 11.6 Å². The molecule has 1 heterocycles. The van der Waals surface area contributed by atoms with Crippen molar-refractivity contribution in [2.45, 2.75) is 6.42 Å². The van der Waals surface area contributed by atoms with Gasteiger partial charge in [-0.3, -0.25) is 9.59 Å². The van der Waals surface area contributed by atoms with Gasteiger partial charge in [-0.25, -0.2) is 4.39 Å². The highest BCUT2D eigenvalue weighted by Crippen LogP contribution is 2.27. The zero-order valence-electron chi connectivity index (χ0n) is 7.67. The number of amides is 1. The predicted molar refractivity (Wildman–Crippen MR) is 53.4 cm³/mol. The van der Waals surface area contributed by atoms with Crippen LogP contribution < -0.4 is 4.90 Å². The summed E-state index contributed by atoms with van der Waals surface area (Å²) in [5, 5.41) is -0.0559. The van der Waals surface area contributed by atoms with Crippen LogP contribution in [0.2, 0.25) is 5.02 Å². The molecule has 1 aromatic carbocycles. The first-order valence-corrected chi connectivity index (χ1v) is 4.73. The number of nitrogens with zero attached hydrogens (tertiary/aromatic N) is 1. The third kappa shape index (κ3) is 1.72. The smallest absolute Gasteiger partial charge is 0.235 e. The molecular weight excluding hydrogens is 221 g/mol. The van der Waals surface area contributed by atoms with E-state index in [1.165, 1.54) is 18.2 Å². The highest BCUT2D eigenvalue weighted by molar-refractivity contribution is 6.31. The first-order valence-electron chi connectivity index (χ1n) is 4.35. The van der Waals surface area contributed by atoms with Gasteiger partial charge in [0.2, 0.25) is 5.91 Å². The Morgan fingerprint density at radius 1 is 1.33 bits per heavy atom. The number of Topliss-reactive ketones (excluding diaryl/α,β-unsaturated/α-hetero) is 1. The van der Waals surface area contributed by atoms with Gasteiger partial charge in [0.1, 0.15) is 0 Å². The van der Waals surface area contributed by atoms with E-state index < -0.39 is 5.82 Å². The number of hydrogen-bond donors (Lipinski definition) is 0. The molecule has 0 aliphatic carbocycles. The minimum Gasteiger partial charge on any atom is -0.302 e. The minimum absolute atomic E-state index is 0.0559. The lowest BCUT2D eigenvalue weighted by Gasteiger charge is -2.15. The summed E-state index contributed by atoms with van der Waals surface area (Å²) in [4.78, 5) is 23.5. The molecule has 2 rings (SSSR count). The lowest BCUT2D eigenvalue weighted by atomic mass is 10.3. The third-order valence-electron chi connectivity index (χ3n) is 2.21. The number of ketones is 1. The van der Waals surface area contributed by atoms with Gasteiger partial charge in [-0.1, -0.05) is 17.7 Å². The van der Waals surface area contributed by atoms with Crippen molar-refractivity contribution in [2.75, 3.05) is 11.4 Å². The maximum absolute atomic E-state index is 13.5. The summed E-state index contributed by atoms with van der Waals surface area (Å²) in [6, 6.07) is 4.36. The fraction of sp³-hybridized carbons (Fsp3) is 0.200. The molecule has 1 saturated heterocycles. The monoisotopic (exact) mass is 227 g/mol. The summed E-state index contributed by atoms with van der Waals surface area (Å²) in [5.74, 6) is -1.26. The Morgan fingerprint density at radius 3 is 2.67 bits per heavy atom. The molecule has 0 aromatic heterocycles. The van der Waals surface area contributed by atoms with E-state index in [-0.39, 0.29) is 35.4 Å². The molecule has 5 heteroatoms. The van der Waals surface area contributed by atoms with Crippen LogP contribution in [0.3, 0.4) is 0 Å². The van der Waals surface area contributed by atoms with Crippen molar-refractivity contribution in [1.82, 2.24) is 0 Å². The molecule has 0 bridgehead atoms. The van der Waals surface area contributed by atoms with E-state index in [1.54, 1.807) is 0 Å². The number of anilines is 1. The second-order valence-electron chi connectivity index (χ2n) is 3.27. The molecule has 0 saturated carbocycles. The van der Waals surface area contributed by atoms with Crippen LogP contribution in [-0.2, 0) is 9.59 Å². The normalized spacial score (nSPS) is 16.3. The van der Waals surface area contributed by atoms with Crippen LogP contribution in [0, 0.1) is 5.82 Å². The first kappa shape index (κ1) is 10.1. The second-order valence-corrected chi connectivity index (χ2v) is 3.68. The highest BCUT2D eigenvalue weighted by Gasteiger charge is 2.30. The number of benzene rings is 1. The van der Waals surface area contributed by atoms with Crippen LogP contribution in [0.25, 0.3) is 0 Å². The maximum Gasteiger partial charge on any atom is 0.235 e. The van der Waals surface area contributed by atoms with Gasteiger partial charge in [0, 0.05) is 0 Å². The molecule has 0 N–H and O–H groups in total.